The van der Waals surface area contributed by atoms with Crippen LogP contribution in [0.3, 0.4) is 0 Å². The Balaban J connectivity index is 2.35. The Hall–Kier alpha value is -0.950. The third-order valence-corrected chi connectivity index (χ3v) is 3.87. The zero-order chi connectivity index (χ0) is 12.5. The van der Waals surface area contributed by atoms with Crippen molar-refractivity contribution in [1.82, 2.24) is 0 Å². The molecule has 0 unspecified atom stereocenters. The maximum Gasteiger partial charge on any atom is 0.207 e. The second-order valence-corrected chi connectivity index (χ2v) is 5.97. The van der Waals surface area contributed by atoms with Crippen molar-refractivity contribution in [2.24, 2.45) is 5.73 Å². The van der Waals surface area contributed by atoms with Crippen molar-refractivity contribution in [1.29, 1.82) is 0 Å². The minimum atomic E-state index is -3.18. The minimum Gasteiger partial charge on any atom is -0.342 e. The van der Waals surface area contributed by atoms with Gasteiger partial charge in [-0.25, -0.2) is 8.42 Å². The van der Waals surface area contributed by atoms with Gasteiger partial charge in [0.1, 0.15) is 0 Å². The van der Waals surface area contributed by atoms with E-state index in [0.29, 0.717) is 13.2 Å². The molecule has 0 amide bonds. The molecule has 0 bridgehead atoms. The maximum atomic E-state index is 11.3. The van der Waals surface area contributed by atoms with Crippen molar-refractivity contribution in [2.75, 3.05) is 26.0 Å². The number of hydrogen-bond acceptors (Lipinski definition) is 5. The summed E-state index contributed by atoms with van der Waals surface area (Å²) in [6.07, 6.45) is 1.17. The third-order valence-electron chi connectivity index (χ3n) is 2.74. The first kappa shape index (κ1) is 12.5. The van der Waals surface area contributed by atoms with E-state index in [9.17, 15) is 8.42 Å². The molecule has 6 heteroatoms. The van der Waals surface area contributed by atoms with Crippen LogP contribution in [0.2, 0.25) is 0 Å². The number of benzene rings is 1. The molecule has 17 heavy (non-hydrogen) atoms. The number of hydrogen-bond donors (Lipinski definition) is 1. The van der Waals surface area contributed by atoms with Crippen LogP contribution in [-0.4, -0.2) is 34.4 Å². The molecule has 0 atom stereocenters. The van der Waals surface area contributed by atoms with Crippen molar-refractivity contribution >= 4 is 9.84 Å². The largest absolute Gasteiger partial charge is 0.342 e. The van der Waals surface area contributed by atoms with Crippen molar-refractivity contribution in [3.8, 4) is 0 Å². The fraction of sp³-hybridized carbons (Fsp3) is 0.455. The normalized spacial score (nSPS) is 19.4. The summed E-state index contributed by atoms with van der Waals surface area (Å²) >= 11 is 0. The summed E-state index contributed by atoms with van der Waals surface area (Å²) in [4.78, 5) is 0.270. The van der Waals surface area contributed by atoms with E-state index in [1.165, 1.54) is 18.4 Å². The molecule has 0 saturated carbocycles. The van der Waals surface area contributed by atoms with Gasteiger partial charge in [0, 0.05) is 11.8 Å². The monoisotopic (exact) mass is 257 g/mol. The Bertz CT molecular complexity index is 489. The van der Waals surface area contributed by atoms with E-state index in [-0.39, 0.29) is 11.4 Å². The number of sulfone groups is 1. The standard InChI is InChI=1S/C11H15NO4S/c1-17(13,14)10-4-2-9(3-5-10)11(8-12)15-6-7-16-11/h2-5H,6-8,12H2,1H3. The lowest BCUT2D eigenvalue weighted by molar-refractivity contribution is -0.156. The predicted molar refractivity (Wildman–Crippen MR) is 62.2 cm³/mol. The molecule has 0 aliphatic carbocycles. The topological polar surface area (TPSA) is 78.6 Å². The summed E-state index contributed by atoms with van der Waals surface area (Å²) < 4.78 is 33.7. The summed E-state index contributed by atoms with van der Waals surface area (Å²) in [5.74, 6) is -0.921. The minimum absolute atomic E-state index is 0.200. The molecule has 1 aliphatic rings. The van der Waals surface area contributed by atoms with E-state index in [2.05, 4.69) is 0 Å². The lowest BCUT2D eigenvalue weighted by Gasteiger charge is -2.26. The Labute approximate surface area is 100 Å². The van der Waals surface area contributed by atoms with Crippen LogP contribution in [0.4, 0.5) is 0 Å². The summed E-state index contributed by atoms with van der Waals surface area (Å²) in [6.45, 7) is 1.18. The van der Waals surface area contributed by atoms with E-state index in [4.69, 9.17) is 15.2 Å². The quantitative estimate of drug-likeness (QED) is 0.839. The first-order valence-corrected chi connectivity index (χ1v) is 7.16. The molecule has 1 heterocycles. The molecule has 94 valence electrons. The second-order valence-electron chi connectivity index (χ2n) is 3.95. The van der Waals surface area contributed by atoms with Crippen LogP contribution in [0.1, 0.15) is 5.56 Å². The van der Waals surface area contributed by atoms with Crippen molar-refractivity contribution in [3.05, 3.63) is 29.8 Å². The van der Waals surface area contributed by atoms with Gasteiger partial charge >= 0.3 is 0 Å². The SMILES string of the molecule is CS(=O)(=O)c1ccc(C2(CN)OCCO2)cc1. The molecule has 2 rings (SSSR count). The van der Waals surface area contributed by atoms with Gasteiger partial charge in [-0.2, -0.15) is 0 Å². The van der Waals surface area contributed by atoms with E-state index in [1.54, 1.807) is 12.1 Å². The molecule has 1 aromatic rings. The summed E-state index contributed by atoms with van der Waals surface area (Å²) in [6, 6.07) is 6.42. The molecule has 0 aromatic heterocycles. The zero-order valence-corrected chi connectivity index (χ0v) is 10.4. The predicted octanol–water partition coefficient (Wildman–Crippen LogP) is 0.248. The first-order chi connectivity index (χ1) is 7.98. The van der Waals surface area contributed by atoms with Crippen molar-refractivity contribution < 1.29 is 17.9 Å². The van der Waals surface area contributed by atoms with Gasteiger partial charge in [-0.05, 0) is 12.1 Å². The van der Waals surface area contributed by atoms with Crippen LogP contribution in [0.15, 0.2) is 29.2 Å². The van der Waals surface area contributed by atoms with Crippen LogP contribution < -0.4 is 5.73 Å². The molecule has 1 aromatic carbocycles. The lowest BCUT2D eigenvalue weighted by atomic mass is 10.1. The zero-order valence-electron chi connectivity index (χ0n) is 9.55. The van der Waals surface area contributed by atoms with Gasteiger partial charge in [-0.15, -0.1) is 0 Å². The van der Waals surface area contributed by atoms with E-state index in [0.717, 1.165) is 5.56 Å². The van der Waals surface area contributed by atoms with E-state index >= 15 is 0 Å². The Morgan fingerprint density at radius 2 is 1.76 bits per heavy atom. The third kappa shape index (κ3) is 2.35. The number of rotatable bonds is 3. The molecule has 2 N–H and O–H groups in total. The maximum absolute atomic E-state index is 11.3. The van der Waals surface area contributed by atoms with E-state index in [1.807, 2.05) is 0 Å². The highest BCUT2D eigenvalue weighted by atomic mass is 32.2. The lowest BCUT2D eigenvalue weighted by Crippen LogP contribution is -2.36. The summed E-state index contributed by atoms with van der Waals surface area (Å²) in [5, 5.41) is 0. The Kier molecular flexibility index (Phi) is 3.22. The summed E-state index contributed by atoms with van der Waals surface area (Å²) in [7, 11) is -3.18. The fourth-order valence-corrected chi connectivity index (χ4v) is 2.44. The highest BCUT2D eigenvalue weighted by molar-refractivity contribution is 7.90. The van der Waals surface area contributed by atoms with Gasteiger partial charge in [0.05, 0.1) is 24.7 Å². The average molecular weight is 257 g/mol. The molecule has 0 spiro atoms. The van der Waals surface area contributed by atoms with Gasteiger partial charge in [0.2, 0.25) is 5.79 Å². The van der Waals surface area contributed by atoms with Gasteiger partial charge in [-0.3, -0.25) is 0 Å². The number of ether oxygens (including phenoxy) is 2. The molecule has 0 radical (unpaired) electrons. The highest BCUT2D eigenvalue weighted by Crippen LogP contribution is 2.30. The highest BCUT2D eigenvalue weighted by Gasteiger charge is 2.37. The smallest absolute Gasteiger partial charge is 0.207 e. The van der Waals surface area contributed by atoms with Crippen LogP contribution in [-0.2, 0) is 25.1 Å². The molecule has 5 nitrogen and oxygen atoms in total. The molecular weight excluding hydrogens is 242 g/mol. The van der Waals surface area contributed by atoms with Gasteiger partial charge in [0.25, 0.3) is 0 Å². The molecule has 1 saturated heterocycles. The number of nitrogens with two attached hydrogens (primary N) is 1. The van der Waals surface area contributed by atoms with Crippen LogP contribution in [0, 0.1) is 0 Å². The van der Waals surface area contributed by atoms with Crippen molar-refractivity contribution in [2.45, 2.75) is 10.7 Å². The fourth-order valence-electron chi connectivity index (χ4n) is 1.81. The summed E-state index contributed by atoms with van der Waals surface area (Å²) in [5.41, 5.74) is 6.40. The van der Waals surface area contributed by atoms with Gasteiger partial charge in [-0.1, -0.05) is 12.1 Å². The van der Waals surface area contributed by atoms with E-state index < -0.39 is 15.6 Å². The van der Waals surface area contributed by atoms with Gasteiger partial charge < -0.3 is 15.2 Å². The van der Waals surface area contributed by atoms with Crippen LogP contribution in [0.5, 0.6) is 0 Å². The molecule has 1 aliphatic heterocycles. The molecular formula is C11H15NO4S. The first-order valence-electron chi connectivity index (χ1n) is 5.26. The molecule has 1 fully saturated rings. The van der Waals surface area contributed by atoms with Gasteiger partial charge in [0.15, 0.2) is 9.84 Å². The Morgan fingerprint density at radius 3 is 2.18 bits per heavy atom. The van der Waals surface area contributed by atoms with Crippen molar-refractivity contribution in [3.63, 3.8) is 0 Å². The second kappa shape index (κ2) is 4.38. The van der Waals surface area contributed by atoms with Crippen LogP contribution >= 0.6 is 0 Å². The average Bonchev–Trinajstić information content (AvgIpc) is 2.78. The van der Waals surface area contributed by atoms with Crippen LogP contribution in [0.25, 0.3) is 0 Å². The Morgan fingerprint density at radius 1 is 1.24 bits per heavy atom.